The van der Waals surface area contributed by atoms with Crippen LogP contribution >= 0.6 is 11.3 Å². The van der Waals surface area contributed by atoms with Crippen molar-refractivity contribution in [2.45, 2.75) is 60.3 Å². The van der Waals surface area contributed by atoms with Crippen LogP contribution in [0.2, 0.25) is 0 Å². The van der Waals surface area contributed by atoms with Crippen LogP contribution in [0, 0.1) is 12.3 Å². The zero-order chi connectivity index (χ0) is 31.4. The summed E-state index contributed by atoms with van der Waals surface area (Å²) in [7, 11) is 0. The summed E-state index contributed by atoms with van der Waals surface area (Å²) in [5.74, 6) is 0. The molecule has 2 heterocycles. The third-order valence-electron chi connectivity index (χ3n) is 5.83. The van der Waals surface area contributed by atoms with E-state index in [0.717, 1.165) is 15.8 Å². The Morgan fingerprint density at radius 1 is 0.879 bits per heavy atom. The van der Waals surface area contributed by atoms with Crippen molar-refractivity contribution in [2.75, 3.05) is 0 Å². The lowest BCUT2D eigenvalue weighted by molar-refractivity contribution is 0.410. The van der Waals surface area contributed by atoms with Crippen molar-refractivity contribution in [1.29, 1.82) is 0 Å². The number of nitrogens with zero attached hydrogens (tertiary/aromatic N) is 1. The van der Waals surface area contributed by atoms with Gasteiger partial charge in [-0.05, 0) is 69.8 Å². The van der Waals surface area contributed by atoms with Gasteiger partial charge in [-0.2, -0.15) is 0 Å². The molecule has 5 rings (SSSR count). The smallest absolute Gasteiger partial charge is 0.0880 e. The molecule has 0 aliphatic heterocycles. The van der Waals surface area contributed by atoms with E-state index < -0.39 is 5.41 Å². The number of benzene rings is 3. The lowest BCUT2D eigenvalue weighted by Crippen LogP contribution is -2.12. The first-order chi connectivity index (χ1) is 19.3. The average molecular weight is 461 g/mol. The molecule has 0 aliphatic rings. The van der Waals surface area contributed by atoms with E-state index in [-0.39, 0.29) is 76.4 Å². The standard InChI is InChI=1S/C31H33NS/c1-19-21(18-30(2,3)4)12-13-24-25-14-15-32-27(29(25)33-28(19)24)22-16-20-10-8-9-11-23(20)26(17-22)31(5,6)7/h8-17H,18H2,1-7H3/i8D,9D,10D,11D,12D,13D,14D,15D,17D. The molecule has 2 aromatic heterocycles. The molecule has 0 spiro atoms. The fourth-order valence-electron chi connectivity index (χ4n) is 4.24. The number of hydrogen-bond donors (Lipinski definition) is 0. The monoisotopic (exact) mass is 460 g/mol. The molecule has 0 saturated heterocycles. The normalized spacial score (nSPS) is 16.6. The minimum absolute atomic E-state index is 0.000236. The predicted molar refractivity (Wildman–Crippen MR) is 147 cm³/mol. The Morgan fingerprint density at radius 2 is 1.61 bits per heavy atom. The highest BCUT2D eigenvalue weighted by atomic mass is 32.1. The summed E-state index contributed by atoms with van der Waals surface area (Å²) < 4.78 is 79.7. The van der Waals surface area contributed by atoms with Gasteiger partial charge in [-0.1, -0.05) is 77.8 Å². The number of thiophene rings is 1. The highest BCUT2D eigenvalue weighted by molar-refractivity contribution is 7.26. The Kier molecular flexibility index (Phi) is 3.22. The number of aryl methyl sites for hydroxylation is 1. The predicted octanol–water partition coefficient (Wildman–Crippen LogP) is 9.46. The van der Waals surface area contributed by atoms with E-state index in [1.807, 2.05) is 27.7 Å². The first kappa shape index (κ1) is 13.9. The summed E-state index contributed by atoms with van der Waals surface area (Å²) in [5.41, 5.74) is 1.85. The second-order valence-electron chi connectivity index (χ2n) is 10.9. The molecule has 5 aromatic rings. The fraction of sp³-hybridized carbons (Fsp3) is 0.323. The van der Waals surface area contributed by atoms with Gasteiger partial charge in [0, 0.05) is 27.2 Å². The molecule has 2 heteroatoms. The molecule has 168 valence electrons. The zero-order valence-electron chi connectivity index (χ0n) is 29.1. The quantitative estimate of drug-likeness (QED) is 0.255. The minimum Gasteiger partial charge on any atom is -0.255 e. The van der Waals surface area contributed by atoms with Crippen molar-refractivity contribution in [1.82, 2.24) is 4.98 Å². The van der Waals surface area contributed by atoms with E-state index in [1.165, 1.54) is 11.3 Å². The molecule has 0 unspecified atom stereocenters. The Balaban J connectivity index is 2.01. The molecule has 33 heavy (non-hydrogen) atoms. The van der Waals surface area contributed by atoms with E-state index in [0.29, 0.717) is 33.0 Å². The Hall–Kier alpha value is -2.71. The summed E-state index contributed by atoms with van der Waals surface area (Å²) in [4.78, 5) is 4.48. The first-order valence-corrected chi connectivity index (χ1v) is 12.0. The molecule has 0 saturated carbocycles. The van der Waals surface area contributed by atoms with E-state index in [4.69, 9.17) is 11.0 Å². The van der Waals surface area contributed by atoms with Gasteiger partial charge >= 0.3 is 0 Å². The molecular formula is C31H33NS. The molecule has 0 radical (unpaired) electrons. The summed E-state index contributed by atoms with van der Waals surface area (Å²) >= 11 is 1.33. The third-order valence-corrected chi connectivity index (χ3v) is 7.15. The van der Waals surface area contributed by atoms with Gasteiger partial charge in [-0.25, -0.2) is 0 Å². The molecule has 0 amide bonds. The van der Waals surface area contributed by atoms with Gasteiger partial charge in [-0.3, -0.25) is 4.98 Å². The van der Waals surface area contributed by atoms with Crippen LogP contribution in [0.3, 0.4) is 0 Å². The van der Waals surface area contributed by atoms with Crippen LogP contribution < -0.4 is 0 Å². The van der Waals surface area contributed by atoms with Gasteiger partial charge in [0.25, 0.3) is 0 Å². The first-order valence-electron chi connectivity index (χ1n) is 15.6. The van der Waals surface area contributed by atoms with E-state index >= 15 is 0 Å². The van der Waals surface area contributed by atoms with Crippen molar-refractivity contribution in [3.63, 3.8) is 0 Å². The number of pyridine rings is 1. The van der Waals surface area contributed by atoms with Crippen LogP contribution in [0.1, 0.15) is 70.6 Å². The van der Waals surface area contributed by atoms with Crippen LogP contribution in [-0.2, 0) is 11.8 Å². The third kappa shape index (κ3) is 3.95. The molecule has 0 N–H and O–H groups in total. The van der Waals surface area contributed by atoms with E-state index in [1.54, 1.807) is 6.07 Å². The highest BCUT2D eigenvalue weighted by Crippen LogP contribution is 2.43. The molecule has 3 aromatic carbocycles. The number of aromatic nitrogens is 1. The van der Waals surface area contributed by atoms with Crippen LogP contribution in [-0.4, -0.2) is 4.98 Å². The number of fused-ring (bicyclic) bond motifs is 4. The van der Waals surface area contributed by atoms with Crippen molar-refractivity contribution in [3.05, 3.63) is 77.3 Å². The topological polar surface area (TPSA) is 12.9 Å². The minimum atomic E-state index is -0.672. The van der Waals surface area contributed by atoms with Crippen LogP contribution in [0.4, 0.5) is 0 Å². The summed E-state index contributed by atoms with van der Waals surface area (Å²) in [5, 5.41) is 1.32. The van der Waals surface area contributed by atoms with Gasteiger partial charge in [0.05, 0.1) is 22.7 Å². The van der Waals surface area contributed by atoms with Gasteiger partial charge < -0.3 is 0 Å². The lowest BCUT2D eigenvalue weighted by atomic mass is 9.82. The van der Waals surface area contributed by atoms with Crippen LogP contribution in [0.5, 0.6) is 0 Å². The molecule has 0 atom stereocenters. The van der Waals surface area contributed by atoms with Crippen molar-refractivity contribution in [3.8, 4) is 11.3 Å². The molecular weight excluding hydrogens is 418 g/mol. The average Bonchev–Trinajstić information content (AvgIpc) is 3.29. The zero-order valence-corrected chi connectivity index (χ0v) is 21.0. The van der Waals surface area contributed by atoms with Crippen molar-refractivity contribution < 1.29 is 12.3 Å². The Bertz CT molecular complexity index is 1980. The Morgan fingerprint density at radius 3 is 2.33 bits per heavy atom. The van der Waals surface area contributed by atoms with E-state index in [2.05, 4.69) is 25.8 Å². The van der Waals surface area contributed by atoms with Gasteiger partial charge in [0.15, 0.2) is 0 Å². The fourth-order valence-corrected chi connectivity index (χ4v) is 5.49. The van der Waals surface area contributed by atoms with Crippen LogP contribution in [0.15, 0.2) is 60.6 Å². The summed E-state index contributed by atoms with van der Waals surface area (Å²) in [6.45, 7) is 13.8. The maximum atomic E-state index is 9.34. The molecule has 0 bridgehead atoms. The maximum absolute atomic E-state index is 9.34. The maximum Gasteiger partial charge on any atom is 0.0880 e. The molecule has 0 fully saturated rings. The van der Waals surface area contributed by atoms with Crippen molar-refractivity contribution >= 4 is 42.3 Å². The summed E-state index contributed by atoms with van der Waals surface area (Å²) in [6, 6.07) is 0.389. The Labute approximate surface area is 214 Å². The van der Waals surface area contributed by atoms with Gasteiger partial charge in [-0.15, -0.1) is 11.3 Å². The molecule has 1 nitrogen and oxygen atoms in total. The number of hydrogen-bond acceptors (Lipinski definition) is 2. The van der Waals surface area contributed by atoms with Gasteiger partial charge in [0.2, 0.25) is 0 Å². The lowest BCUT2D eigenvalue weighted by Gasteiger charge is -2.22. The highest BCUT2D eigenvalue weighted by Gasteiger charge is 2.21. The largest absolute Gasteiger partial charge is 0.255 e. The van der Waals surface area contributed by atoms with Crippen molar-refractivity contribution in [2.24, 2.45) is 5.41 Å². The summed E-state index contributed by atoms with van der Waals surface area (Å²) in [6.07, 6.45) is 0.272. The second kappa shape index (κ2) is 7.67. The second-order valence-corrected chi connectivity index (χ2v) is 11.9. The van der Waals surface area contributed by atoms with E-state index in [9.17, 15) is 1.37 Å². The van der Waals surface area contributed by atoms with Crippen LogP contribution in [0.25, 0.3) is 42.2 Å². The van der Waals surface area contributed by atoms with Gasteiger partial charge in [0.1, 0.15) is 0 Å². The number of rotatable bonds is 2. The SMILES string of the molecule is [2H]c1nc(-c2cc3c([2H])c([2H])c([2H])c([2H])c3c(C(C)(C)C)c2[2H])c2sc3c(C)c(CC(C)(C)C)c([2H])c([2H])c3c2c1[2H]. The molecule has 0 aliphatic carbocycles.